The van der Waals surface area contributed by atoms with Gasteiger partial charge in [-0.25, -0.2) is 4.98 Å². The molecule has 1 atom stereocenters. The zero-order valence-electron chi connectivity index (χ0n) is 10.5. The summed E-state index contributed by atoms with van der Waals surface area (Å²) >= 11 is 1.36. The number of nitrogens with zero attached hydrogens (tertiary/aromatic N) is 3. The number of imidazole rings is 1. The van der Waals surface area contributed by atoms with Crippen LogP contribution in [0.3, 0.4) is 0 Å². The molecule has 1 amide bonds. The van der Waals surface area contributed by atoms with Crippen molar-refractivity contribution in [2.24, 2.45) is 0 Å². The molecule has 1 saturated heterocycles. The van der Waals surface area contributed by atoms with Gasteiger partial charge >= 0.3 is 0 Å². The fraction of sp³-hybridized carbons (Fsp3) is 0.417. The van der Waals surface area contributed by atoms with Crippen molar-refractivity contribution in [1.82, 2.24) is 19.9 Å². The van der Waals surface area contributed by atoms with Crippen molar-refractivity contribution >= 4 is 17.2 Å². The first-order valence-corrected chi connectivity index (χ1v) is 6.93. The Bertz CT molecular complexity index is 566. The number of nitrogens with one attached hydrogen (secondary N) is 1. The lowest BCUT2D eigenvalue weighted by molar-refractivity contribution is -0.0263. The minimum Gasteiger partial charge on any atom is -0.367 e. The number of rotatable bonds is 2. The van der Waals surface area contributed by atoms with Crippen molar-refractivity contribution in [3.05, 3.63) is 34.3 Å². The van der Waals surface area contributed by atoms with Crippen LogP contribution in [0.25, 0.3) is 0 Å². The number of ether oxygens (including phenoxy) is 1. The number of carbonyl (C=O) groups is 1. The Hall–Kier alpha value is -1.73. The van der Waals surface area contributed by atoms with Gasteiger partial charge in [0.15, 0.2) is 0 Å². The summed E-state index contributed by atoms with van der Waals surface area (Å²) in [5, 5.41) is 0. The highest BCUT2D eigenvalue weighted by Crippen LogP contribution is 2.21. The van der Waals surface area contributed by atoms with E-state index in [9.17, 15) is 4.79 Å². The third-order valence-electron chi connectivity index (χ3n) is 3.02. The molecule has 0 unspecified atom stereocenters. The number of aromatic nitrogens is 3. The van der Waals surface area contributed by atoms with Gasteiger partial charge in [0.1, 0.15) is 16.8 Å². The van der Waals surface area contributed by atoms with Crippen molar-refractivity contribution in [3.8, 4) is 0 Å². The molecule has 3 rings (SSSR count). The SMILES string of the molecule is Cc1cnc([C@H]2CN(C(=O)c3cncs3)CCO2)[nH]1. The maximum atomic E-state index is 12.3. The molecule has 3 heterocycles. The van der Waals surface area contributed by atoms with E-state index in [0.717, 1.165) is 11.5 Å². The van der Waals surface area contributed by atoms with E-state index in [1.54, 1.807) is 22.8 Å². The molecule has 2 aromatic heterocycles. The molecule has 19 heavy (non-hydrogen) atoms. The van der Waals surface area contributed by atoms with Crippen LogP contribution in [0.5, 0.6) is 0 Å². The molecule has 7 heteroatoms. The van der Waals surface area contributed by atoms with Crippen LogP contribution in [-0.4, -0.2) is 45.5 Å². The minimum atomic E-state index is -0.181. The fourth-order valence-electron chi connectivity index (χ4n) is 2.07. The van der Waals surface area contributed by atoms with Crippen LogP contribution in [0.1, 0.15) is 27.3 Å². The van der Waals surface area contributed by atoms with E-state index in [2.05, 4.69) is 15.0 Å². The Morgan fingerprint density at radius 3 is 3.16 bits per heavy atom. The monoisotopic (exact) mass is 278 g/mol. The van der Waals surface area contributed by atoms with Gasteiger partial charge in [0.05, 0.1) is 24.9 Å². The van der Waals surface area contributed by atoms with E-state index in [1.807, 2.05) is 6.92 Å². The maximum Gasteiger partial charge on any atom is 0.265 e. The van der Waals surface area contributed by atoms with Gasteiger partial charge in [-0.3, -0.25) is 9.78 Å². The molecule has 0 aromatic carbocycles. The molecule has 1 fully saturated rings. The Kier molecular flexibility index (Phi) is 3.31. The summed E-state index contributed by atoms with van der Waals surface area (Å²) < 4.78 is 5.68. The molecule has 1 aliphatic rings. The summed E-state index contributed by atoms with van der Waals surface area (Å²) in [5.41, 5.74) is 2.66. The van der Waals surface area contributed by atoms with Crippen LogP contribution < -0.4 is 0 Å². The maximum absolute atomic E-state index is 12.3. The largest absolute Gasteiger partial charge is 0.367 e. The van der Waals surface area contributed by atoms with Crippen LogP contribution in [-0.2, 0) is 4.74 Å². The number of morpholine rings is 1. The standard InChI is InChI=1S/C12H14N4O2S/c1-8-4-14-11(15-8)9-6-16(2-3-18-9)12(17)10-5-13-7-19-10/h4-5,7,9H,2-3,6H2,1H3,(H,14,15)/t9-/m1/s1. The summed E-state index contributed by atoms with van der Waals surface area (Å²) in [4.78, 5) is 26.1. The number of thiazole rings is 1. The summed E-state index contributed by atoms with van der Waals surface area (Å²) in [6.07, 6.45) is 3.19. The predicted octanol–water partition coefficient (Wildman–Crippen LogP) is 1.39. The Morgan fingerprint density at radius 1 is 1.58 bits per heavy atom. The van der Waals surface area contributed by atoms with E-state index in [0.29, 0.717) is 24.6 Å². The lowest BCUT2D eigenvalue weighted by Crippen LogP contribution is -2.42. The third kappa shape index (κ3) is 2.52. The first-order chi connectivity index (χ1) is 9.24. The molecule has 2 aromatic rings. The van der Waals surface area contributed by atoms with E-state index in [1.165, 1.54) is 11.3 Å². The molecule has 6 nitrogen and oxygen atoms in total. The second kappa shape index (κ2) is 5.10. The summed E-state index contributed by atoms with van der Waals surface area (Å²) in [5.74, 6) is 0.790. The van der Waals surface area contributed by atoms with Crippen LogP contribution in [0, 0.1) is 6.92 Å². The quantitative estimate of drug-likeness (QED) is 0.901. The lowest BCUT2D eigenvalue weighted by atomic mass is 10.2. The van der Waals surface area contributed by atoms with E-state index < -0.39 is 0 Å². The van der Waals surface area contributed by atoms with Crippen molar-refractivity contribution in [2.45, 2.75) is 13.0 Å². The number of H-pyrrole nitrogens is 1. The van der Waals surface area contributed by atoms with Gasteiger partial charge < -0.3 is 14.6 Å². The minimum absolute atomic E-state index is 0.0130. The fourth-order valence-corrected chi connectivity index (χ4v) is 2.66. The molecule has 100 valence electrons. The van der Waals surface area contributed by atoms with Crippen LogP contribution in [0.4, 0.5) is 0 Å². The second-order valence-corrected chi connectivity index (χ2v) is 5.31. The molecule has 0 saturated carbocycles. The molecular weight excluding hydrogens is 264 g/mol. The highest BCUT2D eigenvalue weighted by atomic mass is 32.1. The smallest absolute Gasteiger partial charge is 0.265 e. The zero-order valence-corrected chi connectivity index (χ0v) is 11.3. The summed E-state index contributed by atoms with van der Waals surface area (Å²) in [7, 11) is 0. The second-order valence-electron chi connectivity index (χ2n) is 4.43. The van der Waals surface area contributed by atoms with Gasteiger partial charge in [0, 0.05) is 18.4 Å². The topological polar surface area (TPSA) is 71.1 Å². The Balaban J connectivity index is 1.73. The van der Waals surface area contributed by atoms with E-state index in [4.69, 9.17) is 4.74 Å². The molecule has 1 N–H and O–H groups in total. The average molecular weight is 278 g/mol. The number of amides is 1. The van der Waals surface area contributed by atoms with Crippen molar-refractivity contribution in [3.63, 3.8) is 0 Å². The van der Waals surface area contributed by atoms with Gasteiger partial charge in [-0.2, -0.15) is 0 Å². The molecule has 0 radical (unpaired) electrons. The number of hydrogen-bond donors (Lipinski definition) is 1. The zero-order chi connectivity index (χ0) is 13.2. The Labute approximate surface area is 114 Å². The lowest BCUT2D eigenvalue weighted by Gasteiger charge is -2.31. The molecule has 0 aliphatic carbocycles. The highest BCUT2D eigenvalue weighted by molar-refractivity contribution is 7.11. The van der Waals surface area contributed by atoms with Crippen molar-refractivity contribution < 1.29 is 9.53 Å². The van der Waals surface area contributed by atoms with Crippen LogP contribution >= 0.6 is 11.3 Å². The normalized spacial score (nSPS) is 19.6. The highest BCUT2D eigenvalue weighted by Gasteiger charge is 2.28. The first kappa shape index (κ1) is 12.3. The van der Waals surface area contributed by atoms with Crippen molar-refractivity contribution in [1.29, 1.82) is 0 Å². The van der Waals surface area contributed by atoms with Crippen LogP contribution in [0.15, 0.2) is 17.9 Å². The van der Waals surface area contributed by atoms with Gasteiger partial charge in [-0.05, 0) is 6.92 Å². The number of aromatic amines is 1. The third-order valence-corrected chi connectivity index (χ3v) is 3.79. The van der Waals surface area contributed by atoms with E-state index in [-0.39, 0.29) is 12.0 Å². The summed E-state index contributed by atoms with van der Waals surface area (Å²) in [6, 6.07) is 0. The van der Waals surface area contributed by atoms with Crippen LogP contribution in [0.2, 0.25) is 0 Å². The molecular formula is C12H14N4O2S. The summed E-state index contributed by atoms with van der Waals surface area (Å²) in [6.45, 7) is 3.59. The van der Waals surface area contributed by atoms with Gasteiger partial charge in [0.2, 0.25) is 0 Å². The Morgan fingerprint density at radius 2 is 2.47 bits per heavy atom. The number of aryl methyl sites for hydroxylation is 1. The van der Waals surface area contributed by atoms with E-state index >= 15 is 0 Å². The van der Waals surface area contributed by atoms with Gasteiger partial charge in [0.25, 0.3) is 5.91 Å². The number of carbonyl (C=O) groups excluding carboxylic acids is 1. The van der Waals surface area contributed by atoms with Crippen molar-refractivity contribution in [2.75, 3.05) is 19.7 Å². The first-order valence-electron chi connectivity index (χ1n) is 6.05. The molecule has 0 bridgehead atoms. The van der Waals surface area contributed by atoms with Gasteiger partial charge in [-0.1, -0.05) is 0 Å². The molecule has 1 aliphatic heterocycles. The van der Waals surface area contributed by atoms with Gasteiger partial charge in [-0.15, -0.1) is 11.3 Å². The number of hydrogen-bond acceptors (Lipinski definition) is 5. The predicted molar refractivity (Wildman–Crippen MR) is 70.0 cm³/mol. The average Bonchev–Trinajstić information content (AvgIpc) is 3.09. The molecule has 0 spiro atoms.